The van der Waals surface area contributed by atoms with Crippen LogP contribution in [0.25, 0.3) is 0 Å². The van der Waals surface area contributed by atoms with Crippen LogP contribution in [0.3, 0.4) is 0 Å². The van der Waals surface area contributed by atoms with E-state index in [0.29, 0.717) is 54.4 Å². The highest BCUT2D eigenvalue weighted by Gasteiger charge is 2.47. The van der Waals surface area contributed by atoms with E-state index in [1.165, 1.54) is 10.9 Å². The Morgan fingerprint density at radius 1 is 1.11 bits per heavy atom. The molecule has 4 heterocycles. The summed E-state index contributed by atoms with van der Waals surface area (Å²) >= 11 is 0. The van der Waals surface area contributed by atoms with Crippen molar-refractivity contribution in [2.24, 2.45) is 5.92 Å². The normalized spacial score (nSPS) is 18.1. The number of carbonyl (C=O) groups is 3. The van der Waals surface area contributed by atoms with Crippen LogP contribution in [-0.2, 0) is 15.2 Å². The number of anilines is 3. The molecule has 0 radical (unpaired) electrons. The highest BCUT2D eigenvalue weighted by atomic mass is 16.6. The van der Waals surface area contributed by atoms with Crippen LogP contribution < -0.4 is 21.5 Å². The molecule has 202 valence electrons. The minimum atomic E-state index is -0.950. The van der Waals surface area contributed by atoms with Crippen molar-refractivity contribution in [3.63, 3.8) is 0 Å². The van der Waals surface area contributed by atoms with Gasteiger partial charge in [-0.05, 0) is 59.1 Å². The monoisotopic (exact) mass is 523 g/mol. The van der Waals surface area contributed by atoms with E-state index < -0.39 is 17.4 Å². The molecular formula is C26H33N7O5. The fraction of sp³-hybridized carbons (Fsp3) is 0.538. The number of hydrogen-bond donors (Lipinski definition) is 3. The molecule has 2 aliphatic heterocycles. The van der Waals surface area contributed by atoms with Gasteiger partial charge in [0.2, 0.25) is 5.91 Å². The maximum atomic E-state index is 13.8. The largest absolute Gasteiger partial charge is 0.444 e. The lowest BCUT2D eigenvalue weighted by Gasteiger charge is -2.40. The molecule has 2 fully saturated rings. The zero-order valence-electron chi connectivity index (χ0n) is 22.3. The van der Waals surface area contributed by atoms with Crippen molar-refractivity contribution >= 4 is 35.2 Å². The zero-order valence-corrected chi connectivity index (χ0v) is 22.3. The van der Waals surface area contributed by atoms with Crippen molar-refractivity contribution in [3.05, 3.63) is 39.6 Å². The summed E-state index contributed by atoms with van der Waals surface area (Å²) in [6.07, 6.45) is 3.37. The Kier molecular flexibility index (Phi) is 6.15. The van der Waals surface area contributed by atoms with E-state index in [4.69, 9.17) is 4.74 Å². The minimum Gasteiger partial charge on any atom is -0.444 e. The maximum Gasteiger partial charge on any atom is 0.410 e. The van der Waals surface area contributed by atoms with Crippen LogP contribution in [0.4, 0.5) is 22.1 Å². The van der Waals surface area contributed by atoms with E-state index >= 15 is 0 Å². The molecule has 1 aliphatic carbocycles. The second-order valence-corrected chi connectivity index (χ2v) is 11.3. The van der Waals surface area contributed by atoms with Crippen molar-refractivity contribution in [1.29, 1.82) is 0 Å². The van der Waals surface area contributed by atoms with Gasteiger partial charge in [-0.15, -0.1) is 0 Å². The van der Waals surface area contributed by atoms with Crippen LogP contribution in [0, 0.1) is 19.8 Å². The first-order valence-corrected chi connectivity index (χ1v) is 12.9. The molecule has 0 unspecified atom stereocenters. The first kappa shape index (κ1) is 25.7. The lowest BCUT2D eigenvalue weighted by molar-refractivity contribution is -0.117. The Bertz CT molecular complexity index is 1380. The Hall–Kier alpha value is -3.96. The summed E-state index contributed by atoms with van der Waals surface area (Å²) < 4.78 is 7.01. The standard InChI is InChI=1S/C26H33N7O5/c1-14-12-17(29-19-15(2)20(28-13-27-19)30-21(34)16-6-7-16)23(36)33-18(14)22(35)31-26(33)8-10-32(11-9-26)24(37)38-25(3,4)5/h12-13,16H,6-11H2,1-5H3,(H,31,35)(H2,27,28,29,30,34). The number of fused-ring (bicyclic) bond motifs is 2. The SMILES string of the molecule is Cc1cc(Nc2ncnc(NC(=O)C3CC3)c2C)c(=O)n2c1C(=O)NC21CCN(C(=O)OC(C)(C)C)CC1. The number of likely N-dealkylation sites (tertiary alicyclic amines) is 1. The van der Waals surface area contributed by atoms with Crippen LogP contribution in [0.15, 0.2) is 17.2 Å². The van der Waals surface area contributed by atoms with Gasteiger partial charge in [-0.1, -0.05) is 0 Å². The average molecular weight is 524 g/mol. The number of aryl methyl sites for hydroxylation is 1. The molecule has 0 aromatic carbocycles. The molecule has 5 rings (SSSR count). The minimum absolute atomic E-state index is 0.0211. The van der Waals surface area contributed by atoms with Gasteiger partial charge in [0.15, 0.2) is 0 Å². The van der Waals surface area contributed by atoms with Crippen LogP contribution >= 0.6 is 0 Å². The molecule has 0 bridgehead atoms. The Balaban J connectivity index is 1.42. The molecule has 3 aliphatic rings. The number of carbonyl (C=O) groups excluding carboxylic acids is 3. The number of nitrogens with one attached hydrogen (secondary N) is 3. The van der Waals surface area contributed by atoms with Gasteiger partial charge in [-0.3, -0.25) is 19.0 Å². The summed E-state index contributed by atoms with van der Waals surface area (Å²) in [6, 6.07) is 1.63. The fourth-order valence-electron chi connectivity index (χ4n) is 4.98. The summed E-state index contributed by atoms with van der Waals surface area (Å²) in [5.41, 5.74) is -0.163. The predicted molar refractivity (Wildman–Crippen MR) is 139 cm³/mol. The van der Waals surface area contributed by atoms with Crippen molar-refractivity contribution in [2.75, 3.05) is 23.7 Å². The zero-order chi connectivity index (χ0) is 27.4. The summed E-state index contributed by atoms with van der Waals surface area (Å²) in [7, 11) is 0. The number of piperidine rings is 1. The molecular weight excluding hydrogens is 490 g/mol. The first-order valence-electron chi connectivity index (χ1n) is 12.9. The van der Waals surface area contributed by atoms with Crippen molar-refractivity contribution in [1.82, 2.24) is 24.8 Å². The van der Waals surface area contributed by atoms with Gasteiger partial charge < -0.3 is 25.6 Å². The lowest BCUT2D eigenvalue weighted by Crippen LogP contribution is -2.56. The van der Waals surface area contributed by atoms with Gasteiger partial charge in [0.05, 0.1) is 0 Å². The molecule has 3 N–H and O–H groups in total. The third kappa shape index (κ3) is 4.70. The number of aromatic nitrogens is 3. The molecule has 1 spiro atoms. The number of pyridine rings is 1. The Morgan fingerprint density at radius 2 is 1.76 bits per heavy atom. The quantitative estimate of drug-likeness (QED) is 0.554. The van der Waals surface area contributed by atoms with E-state index in [1.807, 2.05) is 20.8 Å². The number of rotatable bonds is 4. The molecule has 12 heteroatoms. The highest BCUT2D eigenvalue weighted by Crippen LogP contribution is 2.35. The number of nitrogens with zero attached hydrogens (tertiary/aromatic N) is 4. The highest BCUT2D eigenvalue weighted by molar-refractivity contribution is 5.97. The van der Waals surface area contributed by atoms with Gasteiger partial charge in [0.25, 0.3) is 11.5 Å². The van der Waals surface area contributed by atoms with E-state index in [-0.39, 0.29) is 29.0 Å². The van der Waals surface area contributed by atoms with Crippen LogP contribution in [0.5, 0.6) is 0 Å². The fourth-order valence-corrected chi connectivity index (χ4v) is 4.98. The van der Waals surface area contributed by atoms with Gasteiger partial charge in [0.1, 0.15) is 40.6 Å². The first-order chi connectivity index (χ1) is 17.9. The van der Waals surface area contributed by atoms with Crippen molar-refractivity contribution in [3.8, 4) is 0 Å². The molecule has 38 heavy (non-hydrogen) atoms. The molecule has 2 aromatic rings. The van der Waals surface area contributed by atoms with Crippen molar-refractivity contribution in [2.45, 2.75) is 71.6 Å². The Morgan fingerprint density at radius 3 is 2.39 bits per heavy atom. The predicted octanol–water partition coefficient (Wildman–Crippen LogP) is 2.77. The topological polar surface area (TPSA) is 148 Å². The number of ether oxygens (including phenoxy) is 1. The summed E-state index contributed by atoms with van der Waals surface area (Å²) in [4.78, 5) is 61.7. The molecule has 12 nitrogen and oxygen atoms in total. The third-order valence-electron chi connectivity index (χ3n) is 7.15. The van der Waals surface area contributed by atoms with Crippen LogP contribution in [0.1, 0.15) is 68.1 Å². The lowest BCUT2D eigenvalue weighted by atomic mass is 9.97. The van der Waals surface area contributed by atoms with Gasteiger partial charge in [0, 0.05) is 37.4 Å². The molecule has 1 saturated carbocycles. The summed E-state index contributed by atoms with van der Waals surface area (Å²) in [5, 5.41) is 8.95. The third-order valence-corrected chi connectivity index (χ3v) is 7.15. The van der Waals surface area contributed by atoms with Crippen LogP contribution in [0.2, 0.25) is 0 Å². The maximum absolute atomic E-state index is 13.8. The average Bonchev–Trinajstić information content (AvgIpc) is 3.64. The van der Waals surface area contributed by atoms with E-state index in [1.54, 1.807) is 24.8 Å². The Labute approximate surface area is 220 Å². The smallest absolute Gasteiger partial charge is 0.410 e. The number of hydrogen-bond acceptors (Lipinski definition) is 8. The van der Waals surface area contributed by atoms with Crippen molar-refractivity contribution < 1.29 is 19.1 Å². The van der Waals surface area contributed by atoms with Gasteiger partial charge >= 0.3 is 6.09 Å². The summed E-state index contributed by atoms with van der Waals surface area (Å²) in [5.74, 6) is 0.401. The van der Waals surface area contributed by atoms with Gasteiger partial charge in [-0.2, -0.15) is 0 Å². The van der Waals surface area contributed by atoms with E-state index in [0.717, 1.165) is 12.8 Å². The molecule has 3 amide bonds. The van der Waals surface area contributed by atoms with E-state index in [2.05, 4.69) is 25.9 Å². The second-order valence-electron chi connectivity index (χ2n) is 11.3. The van der Waals surface area contributed by atoms with Crippen LogP contribution in [-0.4, -0.2) is 56.0 Å². The van der Waals surface area contributed by atoms with E-state index in [9.17, 15) is 19.2 Å². The second kappa shape index (κ2) is 9.10. The summed E-state index contributed by atoms with van der Waals surface area (Å²) in [6.45, 7) is 9.62. The molecule has 0 atom stereocenters. The van der Waals surface area contributed by atoms with Gasteiger partial charge in [-0.25, -0.2) is 14.8 Å². The number of amides is 3. The molecule has 2 aromatic heterocycles. The molecule has 1 saturated heterocycles.